The van der Waals surface area contributed by atoms with Crippen LogP contribution in [0.15, 0.2) is 180 Å². The van der Waals surface area contributed by atoms with Gasteiger partial charge in [-0.1, -0.05) is 140 Å². The fraction of sp³-hybridized carbons (Fsp3) is 0. The highest BCUT2D eigenvalue weighted by Gasteiger charge is 2.21. The molecule has 0 unspecified atom stereocenters. The molecule has 0 amide bonds. The van der Waals surface area contributed by atoms with Gasteiger partial charge in [0.1, 0.15) is 16.8 Å². The van der Waals surface area contributed by atoms with Crippen LogP contribution in [0, 0.1) is 0 Å². The highest BCUT2D eigenvalue weighted by molar-refractivity contribution is 7.25. The molecule has 0 fully saturated rings. The van der Waals surface area contributed by atoms with Gasteiger partial charge in [-0.15, -0.1) is 11.3 Å². The van der Waals surface area contributed by atoms with Gasteiger partial charge in [0.2, 0.25) is 0 Å². The summed E-state index contributed by atoms with van der Waals surface area (Å²) in [5.74, 6) is 2.33. The Hall–Kier alpha value is -7.35. The van der Waals surface area contributed by atoms with E-state index in [0.717, 1.165) is 61.1 Å². The summed E-state index contributed by atoms with van der Waals surface area (Å²) in [6, 6.07) is 60.0. The number of hydrogen-bond acceptors (Lipinski definition) is 7. The quantitative estimate of drug-likeness (QED) is 0.169. The Labute approximate surface area is 325 Å². The zero-order chi connectivity index (χ0) is 37.0. The number of benzene rings is 7. The average Bonchev–Trinajstić information content (AvgIpc) is 3.85. The summed E-state index contributed by atoms with van der Waals surface area (Å²) < 4.78 is 8.93. The van der Waals surface area contributed by atoms with Crippen molar-refractivity contribution in [2.75, 3.05) is 0 Å². The zero-order valence-electron chi connectivity index (χ0n) is 29.8. The van der Waals surface area contributed by atoms with E-state index in [1.807, 2.05) is 114 Å². The maximum Gasteiger partial charge on any atom is 0.180 e. The molecule has 7 aromatic carbocycles. The van der Waals surface area contributed by atoms with Crippen LogP contribution in [0.3, 0.4) is 0 Å². The van der Waals surface area contributed by atoms with Gasteiger partial charge >= 0.3 is 0 Å². The van der Waals surface area contributed by atoms with Gasteiger partial charge < -0.3 is 4.42 Å². The minimum absolute atomic E-state index is 0.558. The van der Waals surface area contributed by atoms with Crippen LogP contribution in [0.4, 0.5) is 0 Å². The van der Waals surface area contributed by atoms with Crippen LogP contribution in [0.1, 0.15) is 0 Å². The van der Waals surface area contributed by atoms with Gasteiger partial charge in [-0.25, -0.2) is 24.9 Å². The summed E-state index contributed by atoms with van der Waals surface area (Å²) in [5.41, 5.74) is 9.43. The normalized spacial score (nSPS) is 11.6. The molecule has 11 aromatic rings. The first-order chi connectivity index (χ1) is 27.7. The third-order valence-electron chi connectivity index (χ3n) is 10.2. The molecule has 0 aliphatic heterocycles. The van der Waals surface area contributed by atoms with E-state index in [4.69, 9.17) is 29.3 Å². The van der Waals surface area contributed by atoms with Crippen LogP contribution in [0.25, 0.3) is 110 Å². The van der Waals surface area contributed by atoms with Crippen molar-refractivity contribution in [2.24, 2.45) is 0 Å². The van der Waals surface area contributed by atoms with Crippen molar-refractivity contribution in [1.82, 2.24) is 24.9 Å². The monoisotopic (exact) mass is 735 g/mol. The minimum atomic E-state index is 0.558. The summed E-state index contributed by atoms with van der Waals surface area (Å²) in [7, 11) is 0. The fourth-order valence-electron chi connectivity index (χ4n) is 7.45. The molecule has 0 N–H and O–H groups in total. The summed E-state index contributed by atoms with van der Waals surface area (Å²) in [4.78, 5) is 25.8. The van der Waals surface area contributed by atoms with Gasteiger partial charge in [-0.3, -0.25) is 0 Å². The third kappa shape index (κ3) is 5.52. The summed E-state index contributed by atoms with van der Waals surface area (Å²) in [6.07, 6.45) is 0. The Morgan fingerprint density at radius 1 is 0.357 bits per heavy atom. The van der Waals surface area contributed by atoms with Crippen molar-refractivity contribution < 1.29 is 4.42 Å². The van der Waals surface area contributed by atoms with Crippen LogP contribution in [0.2, 0.25) is 0 Å². The van der Waals surface area contributed by atoms with E-state index in [0.29, 0.717) is 28.9 Å². The van der Waals surface area contributed by atoms with Gasteiger partial charge in [0.25, 0.3) is 0 Å². The predicted octanol–water partition coefficient (Wildman–Crippen LogP) is 12.9. The Balaban J connectivity index is 1.18. The van der Waals surface area contributed by atoms with Crippen LogP contribution in [-0.2, 0) is 0 Å². The number of nitrogens with zero attached hydrogens (tertiary/aromatic N) is 5. The number of para-hydroxylation sites is 1. The van der Waals surface area contributed by atoms with E-state index in [-0.39, 0.29) is 0 Å². The first kappa shape index (κ1) is 32.1. The molecule has 0 aliphatic rings. The Morgan fingerprint density at radius 3 is 1.66 bits per heavy atom. The van der Waals surface area contributed by atoms with Crippen LogP contribution < -0.4 is 0 Å². The van der Waals surface area contributed by atoms with Crippen molar-refractivity contribution in [3.63, 3.8) is 0 Å². The maximum atomic E-state index is 6.42. The first-order valence-corrected chi connectivity index (χ1v) is 19.2. The molecular formula is C49H29N5OS. The number of thiophene rings is 1. The molecule has 0 bridgehead atoms. The average molecular weight is 736 g/mol. The minimum Gasteiger partial charge on any atom is -0.452 e. The number of aromatic nitrogens is 5. The second-order valence-electron chi connectivity index (χ2n) is 13.6. The number of rotatable bonds is 6. The Morgan fingerprint density at radius 2 is 0.929 bits per heavy atom. The predicted molar refractivity (Wildman–Crippen MR) is 228 cm³/mol. The lowest BCUT2D eigenvalue weighted by Gasteiger charge is -2.14. The third-order valence-corrected chi connectivity index (χ3v) is 11.3. The lowest BCUT2D eigenvalue weighted by molar-refractivity contribution is 0.667. The second-order valence-corrected chi connectivity index (χ2v) is 14.7. The lowest BCUT2D eigenvalue weighted by Crippen LogP contribution is -2.02. The standard InChI is InChI=1S/C49H29N5OS/c1-4-14-30(15-5-1)43-45-44(37-21-10-12-22-40(37)55-45)51-48(50-43)34-24-26-35(33-25-27-42-38(28-33)36-20-11-13-23-41(36)56-42)39(29-34)49-53-46(31-16-6-2-7-17-31)52-47(54-49)32-18-8-3-9-19-32/h1-29H. The van der Waals surface area contributed by atoms with Gasteiger partial charge in [0.15, 0.2) is 28.9 Å². The van der Waals surface area contributed by atoms with Crippen LogP contribution in [-0.4, -0.2) is 24.9 Å². The van der Waals surface area contributed by atoms with E-state index in [1.54, 1.807) is 0 Å². The molecule has 262 valence electrons. The molecule has 11 rings (SSSR count). The summed E-state index contributed by atoms with van der Waals surface area (Å²) >= 11 is 1.81. The molecule has 7 heteroatoms. The summed E-state index contributed by atoms with van der Waals surface area (Å²) in [5, 5.41) is 3.40. The second kappa shape index (κ2) is 13.2. The largest absolute Gasteiger partial charge is 0.452 e. The van der Waals surface area contributed by atoms with E-state index in [2.05, 4.69) is 72.8 Å². The Kier molecular flexibility index (Phi) is 7.57. The molecule has 56 heavy (non-hydrogen) atoms. The van der Waals surface area contributed by atoms with Gasteiger partial charge in [0.05, 0.1) is 0 Å². The highest BCUT2D eigenvalue weighted by Crippen LogP contribution is 2.41. The Bertz CT molecular complexity index is 3190. The maximum absolute atomic E-state index is 6.42. The zero-order valence-corrected chi connectivity index (χ0v) is 30.6. The smallest absolute Gasteiger partial charge is 0.180 e. The molecule has 4 heterocycles. The molecule has 0 aliphatic carbocycles. The lowest BCUT2D eigenvalue weighted by atomic mass is 9.95. The first-order valence-electron chi connectivity index (χ1n) is 18.4. The molecule has 0 radical (unpaired) electrons. The highest BCUT2D eigenvalue weighted by atomic mass is 32.1. The molecule has 6 nitrogen and oxygen atoms in total. The fourth-order valence-corrected chi connectivity index (χ4v) is 8.54. The molecule has 0 spiro atoms. The van der Waals surface area contributed by atoms with Crippen molar-refractivity contribution in [3.8, 4) is 67.9 Å². The summed E-state index contributed by atoms with van der Waals surface area (Å²) in [6.45, 7) is 0. The number of furan rings is 1. The van der Waals surface area contributed by atoms with E-state index < -0.39 is 0 Å². The van der Waals surface area contributed by atoms with Crippen LogP contribution >= 0.6 is 11.3 Å². The van der Waals surface area contributed by atoms with Gasteiger partial charge in [-0.2, -0.15) is 0 Å². The van der Waals surface area contributed by atoms with Gasteiger partial charge in [-0.05, 0) is 47.5 Å². The molecule has 0 saturated heterocycles. The molecule has 0 atom stereocenters. The van der Waals surface area contributed by atoms with Gasteiger partial charge in [0, 0.05) is 53.4 Å². The molecule has 4 aromatic heterocycles. The molecular weight excluding hydrogens is 707 g/mol. The van der Waals surface area contributed by atoms with E-state index >= 15 is 0 Å². The van der Waals surface area contributed by atoms with Crippen LogP contribution in [0.5, 0.6) is 0 Å². The van der Waals surface area contributed by atoms with Crippen molar-refractivity contribution in [1.29, 1.82) is 0 Å². The number of fused-ring (bicyclic) bond motifs is 6. The molecule has 0 saturated carbocycles. The SMILES string of the molecule is c1ccc(-c2nc(-c3ccccc3)nc(-c3cc(-c4nc(-c5ccccc5)c5oc6ccccc6c5n4)ccc3-c3ccc4sc5ccccc5c4c3)n2)cc1. The van der Waals surface area contributed by atoms with E-state index in [1.165, 1.54) is 20.2 Å². The number of hydrogen-bond donors (Lipinski definition) is 0. The topological polar surface area (TPSA) is 77.6 Å². The van der Waals surface area contributed by atoms with Crippen molar-refractivity contribution >= 4 is 53.6 Å². The van der Waals surface area contributed by atoms with Crippen molar-refractivity contribution in [2.45, 2.75) is 0 Å². The van der Waals surface area contributed by atoms with E-state index in [9.17, 15) is 0 Å². The van der Waals surface area contributed by atoms with Crippen molar-refractivity contribution in [3.05, 3.63) is 176 Å².